The lowest BCUT2D eigenvalue weighted by atomic mass is 10.2. The van der Waals surface area contributed by atoms with Crippen LogP contribution in [-0.2, 0) is 4.79 Å². The van der Waals surface area contributed by atoms with Gasteiger partial charge in [0.25, 0.3) is 0 Å². The predicted octanol–water partition coefficient (Wildman–Crippen LogP) is 2.78. The number of nitrogens with one attached hydrogen (secondary N) is 1. The second kappa shape index (κ2) is 7.02. The number of pyridine rings is 1. The zero-order valence-corrected chi connectivity index (χ0v) is 14.3. The molecule has 6 nitrogen and oxygen atoms in total. The summed E-state index contributed by atoms with van der Waals surface area (Å²) in [5, 5.41) is 3.61. The van der Waals surface area contributed by atoms with Gasteiger partial charge in [-0.25, -0.2) is 9.78 Å². The van der Waals surface area contributed by atoms with Gasteiger partial charge in [-0.1, -0.05) is 35.5 Å². The lowest BCUT2D eigenvalue weighted by Crippen LogP contribution is -2.20. The van der Waals surface area contributed by atoms with Crippen LogP contribution in [0.1, 0.15) is 5.56 Å². The fraction of sp³-hybridized carbons (Fsp3) is 0.125. The van der Waals surface area contributed by atoms with Gasteiger partial charge >= 0.3 is 5.69 Å². The topological polar surface area (TPSA) is 76.4 Å². The summed E-state index contributed by atoms with van der Waals surface area (Å²) in [7, 11) is 0. The molecule has 2 heterocycles. The normalized spacial score (nSPS) is 10.8. The average Bonchev–Trinajstić information content (AvgIpc) is 2.56. The molecule has 1 N–H and O–H groups in total. The summed E-state index contributed by atoms with van der Waals surface area (Å²) < 4.78 is 1.35. The molecular formula is C16H13ClN4O2S. The minimum atomic E-state index is -0.422. The number of thioether (sulfide) groups is 1. The van der Waals surface area contributed by atoms with Crippen LogP contribution in [0.15, 0.2) is 52.5 Å². The van der Waals surface area contributed by atoms with Gasteiger partial charge in [-0.05, 0) is 36.8 Å². The summed E-state index contributed by atoms with van der Waals surface area (Å²) in [6, 6.07) is 10.5. The molecule has 0 atom stereocenters. The van der Waals surface area contributed by atoms with Gasteiger partial charge in [0.2, 0.25) is 5.91 Å². The summed E-state index contributed by atoms with van der Waals surface area (Å²) in [6.07, 6.45) is 1.60. The Morgan fingerprint density at radius 1 is 1.29 bits per heavy atom. The second-order valence-corrected chi connectivity index (χ2v) is 6.37. The molecule has 2 aromatic heterocycles. The molecule has 24 heavy (non-hydrogen) atoms. The van der Waals surface area contributed by atoms with Gasteiger partial charge in [0.05, 0.1) is 5.75 Å². The molecule has 0 aliphatic rings. The first kappa shape index (κ1) is 16.5. The van der Waals surface area contributed by atoms with Gasteiger partial charge < -0.3 is 5.32 Å². The van der Waals surface area contributed by atoms with E-state index in [9.17, 15) is 9.59 Å². The SMILES string of the molecule is Cc1ccc(NC(=O)CSc2nc(=O)n3ccccc3n2)cc1Cl. The Bertz CT molecular complexity index is 974. The van der Waals surface area contributed by atoms with Crippen molar-refractivity contribution in [3.63, 3.8) is 0 Å². The fourth-order valence-electron chi connectivity index (χ4n) is 2.01. The number of hydrogen-bond donors (Lipinski definition) is 1. The van der Waals surface area contributed by atoms with Crippen LogP contribution >= 0.6 is 23.4 Å². The third kappa shape index (κ3) is 3.74. The van der Waals surface area contributed by atoms with E-state index in [-0.39, 0.29) is 16.8 Å². The molecule has 0 unspecified atom stereocenters. The zero-order chi connectivity index (χ0) is 17.1. The van der Waals surface area contributed by atoms with Crippen LogP contribution in [0, 0.1) is 6.92 Å². The molecule has 1 amide bonds. The maximum absolute atomic E-state index is 12.0. The molecule has 0 radical (unpaired) electrons. The minimum Gasteiger partial charge on any atom is -0.325 e. The highest BCUT2D eigenvalue weighted by atomic mass is 35.5. The summed E-state index contributed by atoms with van der Waals surface area (Å²) in [6.45, 7) is 1.89. The van der Waals surface area contributed by atoms with Crippen LogP contribution in [0.4, 0.5) is 5.69 Å². The van der Waals surface area contributed by atoms with Crippen molar-refractivity contribution in [2.45, 2.75) is 12.1 Å². The van der Waals surface area contributed by atoms with Crippen molar-refractivity contribution in [3.8, 4) is 0 Å². The maximum atomic E-state index is 12.0. The number of benzene rings is 1. The Morgan fingerprint density at radius 3 is 2.92 bits per heavy atom. The number of halogens is 1. The smallest absolute Gasteiger partial charge is 0.325 e. The number of carbonyl (C=O) groups is 1. The van der Waals surface area contributed by atoms with Crippen molar-refractivity contribution in [1.29, 1.82) is 0 Å². The number of rotatable bonds is 4. The molecule has 3 rings (SSSR count). The molecule has 8 heteroatoms. The van der Waals surface area contributed by atoms with E-state index in [1.807, 2.05) is 13.0 Å². The van der Waals surface area contributed by atoms with Crippen molar-refractivity contribution in [2.24, 2.45) is 0 Å². The second-order valence-electron chi connectivity index (χ2n) is 5.02. The molecule has 0 saturated heterocycles. The first-order valence-electron chi connectivity index (χ1n) is 7.07. The average molecular weight is 361 g/mol. The van der Waals surface area contributed by atoms with E-state index < -0.39 is 5.69 Å². The molecule has 0 bridgehead atoms. The van der Waals surface area contributed by atoms with Gasteiger partial charge in [0, 0.05) is 16.9 Å². The monoisotopic (exact) mass is 360 g/mol. The molecule has 0 fully saturated rings. The number of fused-ring (bicyclic) bond motifs is 1. The Morgan fingerprint density at radius 2 is 2.12 bits per heavy atom. The predicted molar refractivity (Wildman–Crippen MR) is 94.8 cm³/mol. The summed E-state index contributed by atoms with van der Waals surface area (Å²) in [5.41, 5.74) is 1.63. The zero-order valence-electron chi connectivity index (χ0n) is 12.7. The molecule has 0 aliphatic carbocycles. The largest absolute Gasteiger partial charge is 0.355 e. The molecule has 0 saturated carbocycles. The van der Waals surface area contributed by atoms with Crippen LogP contribution in [0.2, 0.25) is 5.02 Å². The van der Waals surface area contributed by atoms with Crippen molar-refractivity contribution < 1.29 is 4.79 Å². The Labute approximate surface area is 146 Å². The van der Waals surface area contributed by atoms with E-state index in [2.05, 4.69) is 15.3 Å². The molecule has 0 aliphatic heterocycles. The van der Waals surface area contributed by atoms with E-state index in [1.54, 1.807) is 36.5 Å². The van der Waals surface area contributed by atoms with E-state index in [0.29, 0.717) is 16.4 Å². The highest BCUT2D eigenvalue weighted by molar-refractivity contribution is 7.99. The van der Waals surface area contributed by atoms with Crippen LogP contribution in [0.3, 0.4) is 0 Å². The lowest BCUT2D eigenvalue weighted by molar-refractivity contribution is -0.113. The lowest BCUT2D eigenvalue weighted by Gasteiger charge is -2.06. The van der Waals surface area contributed by atoms with Crippen LogP contribution < -0.4 is 11.0 Å². The standard InChI is InChI=1S/C16H13ClN4O2S/c1-10-5-6-11(8-12(10)17)18-14(22)9-24-15-19-13-4-2-3-7-21(13)16(23)20-15/h2-8H,9H2,1H3,(H,18,22). The van der Waals surface area contributed by atoms with Crippen LogP contribution in [0.25, 0.3) is 5.65 Å². The quantitative estimate of drug-likeness (QED) is 0.724. The van der Waals surface area contributed by atoms with Gasteiger partial charge in [0.15, 0.2) is 5.16 Å². The van der Waals surface area contributed by atoms with E-state index >= 15 is 0 Å². The maximum Gasteiger partial charge on any atom is 0.355 e. The number of aromatic nitrogens is 3. The summed E-state index contributed by atoms with van der Waals surface area (Å²) >= 11 is 7.13. The third-order valence-electron chi connectivity index (χ3n) is 3.23. The van der Waals surface area contributed by atoms with Crippen molar-refractivity contribution >= 4 is 40.6 Å². The first-order chi connectivity index (χ1) is 11.5. The molecule has 122 valence electrons. The van der Waals surface area contributed by atoms with E-state index in [0.717, 1.165) is 17.3 Å². The van der Waals surface area contributed by atoms with E-state index in [1.165, 1.54) is 4.40 Å². The number of amides is 1. The van der Waals surface area contributed by atoms with Gasteiger partial charge in [-0.15, -0.1) is 0 Å². The third-order valence-corrected chi connectivity index (χ3v) is 4.49. The van der Waals surface area contributed by atoms with Gasteiger partial charge in [-0.2, -0.15) is 4.98 Å². The highest BCUT2D eigenvalue weighted by Crippen LogP contribution is 2.20. The van der Waals surface area contributed by atoms with E-state index in [4.69, 9.17) is 11.6 Å². The molecular weight excluding hydrogens is 348 g/mol. The minimum absolute atomic E-state index is 0.0912. The number of carbonyl (C=O) groups excluding carboxylic acids is 1. The summed E-state index contributed by atoms with van der Waals surface area (Å²) in [5.74, 6) is -0.134. The number of aryl methyl sites for hydroxylation is 1. The van der Waals surface area contributed by atoms with Crippen molar-refractivity contribution in [3.05, 3.63) is 63.7 Å². The molecule has 1 aromatic carbocycles. The fourth-order valence-corrected chi connectivity index (χ4v) is 2.82. The van der Waals surface area contributed by atoms with Crippen LogP contribution in [0.5, 0.6) is 0 Å². The number of nitrogens with zero attached hydrogens (tertiary/aromatic N) is 3. The van der Waals surface area contributed by atoms with Crippen molar-refractivity contribution in [2.75, 3.05) is 11.1 Å². The highest BCUT2D eigenvalue weighted by Gasteiger charge is 2.09. The Kier molecular flexibility index (Phi) is 4.82. The van der Waals surface area contributed by atoms with Crippen LogP contribution in [-0.4, -0.2) is 26.0 Å². The number of hydrogen-bond acceptors (Lipinski definition) is 5. The Balaban J connectivity index is 1.68. The molecule has 0 spiro atoms. The summed E-state index contributed by atoms with van der Waals surface area (Å²) in [4.78, 5) is 32.0. The molecule has 3 aromatic rings. The van der Waals surface area contributed by atoms with Gasteiger partial charge in [0.1, 0.15) is 5.65 Å². The van der Waals surface area contributed by atoms with Gasteiger partial charge in [-0.3, -0.25) is 9.20 Å². The van der Waals surface area contributed by atoms with Crippen molar-refractivity contribution in [1.82, 2.24) is 14.4 Å². The first-order valence-corrected chi connectivity index (χ1v) is 8.43. The number of anilines is 1. The Hall–Kier alpha value is -2.38.